The van der Waals surface area contributed by atoms with E-state index in [1.807, 2.05) is 18.2 Å². The van der Waals surface area contributed by atoms with Gasteiger partial charge in [-0.2, -0.15) is 0 Å². The molecule has 1 fully saturated rings. The zero-order valence-corrected chi connectivity index (χ0v) is 17.4. The Balaban J connectivity index is 2.11. The first-order valence-corrected chi connectivity index (χ1v) is 10.6. The summed E-state index contributed by atoms with van der Waals surface area (Å²) in [6.07, 6.45) is 15.9. The van der Waals surface area contributed by atoms with Crippen LogP contribution in [-0.4, -0.2) is 53.0 Å². The number of esters is 1. The summed E-state index contributed by atoms with van der Waals surface area (Å²) < 4.78 is 10.1. The van der Waals surface area contributed by atoms with E-state index in [0.29, 0.717) is 6.42 Å². The van der Waals surface area contributed by atoms with Crippen molar-refractivity contribution in [3.05, 3.63) is 24.3 Å². The Labute approximate surface area is 169 Å². The number of methoxy groups -OCH3 is 1. The highest BCUT2D eigenvalue weighted by Gasteiger charge is 2.55. The van der Waals surface area contributed by atoms with Crippen molar-refractivity contribution in [3.63, 3.8) is 0 Å². The number of hydrogen-bond acceptors (Lipinski definition) is 6. The Morgan fingerprint density at radius 1 is 1.18 bits per heavy atom. The van der Waals surface area contributed by atoms with Crippen LogP contribution in [0.5, 0.6) is 0 Å². The number of ether oxygens (including phenoxy) is 2. The molecule has 0 amide bonds. The molecule has 0 aromatic carbocycles. The molecular weight excluding hydrogens is 360 g/mol. The average molecular weight is 399 g/mol. The summed E-state index contributed by atoms with van der Waals surface area (Å²) in [7, 11) is 1.31. The van der Waals surface area contributed by atoms with Gasteiger partial charge in [-0.15, -0.1) is 0 Å². The zero-order valence-electron chi connectivity index (χ0n) is 17.4. The lowest BCUT2D eigenvalue weighted by molar-refractivity contribution is -0.246. The Morgan fingerprint density at radius 2 is 1.93 bits per heavy atom. The molecule has 0 spiro atoms. The molecule has 1 aliphatic rings. The standard InChI is InChI=1S/C22H38O6/c1-3-4-11-14-18(24)15-12-9-7-5-6-8-10-13-16-19-20(25)22(17-23,27-2)28-21(19)26/h7,9,12,15,18-20,23-25H,3-6,8,10-11,13-14,16-17H2,1-2H3/b9-7-,15-12+/t18?,19-,20-,22-/m0/s1. The molecule has 4 atom stereocenters. The zero-order chi connectivity index (χ0) is 20.8. The van der Waals surface area contributed by atoms with E-state index in [4.69, 9.17) is 9.47 Å². The molecule has 0 aromatic rings. The van der Waals surface area contributed by atoms with Gasteiger partial charge in [0.15, 0.2) is 0 Å². The molecule has 28 heavy (non-hydrogen) atoms. The van der Waals surface area contributed by atoms with Crippen LogP contribution in [0.2, 0.25) is 0 Å². The van der Waals surface area contributed by atoms with Crippen molar-refractivity contribution in [2.45, 2.75) is 89.1 Å². The molecule has 162 valence electrons. The van der Waals surface area contributed by atoms with E-state index in [0.717, 1.165) is 57.8 Å². The minimum Gasteiger partial charge on any atom is -0.427 e. The summed E-state index contributed by atoms with van der Waals surface area (Å²) in [5, 5.41) is 29.3. The molecule has 0 aliphatic carbocycles. The lowest BCUT2D eigenvalue weighted by Gasteiger charge is -2.27. The topological polar surface area (TPSA) is 96.2 Å². The average Bonchev–Trinajstić information content (AvgIpc) is 2.93. The highest BCUT2D eigenvalue weighted by molar-refractivity contribution is 5.76. The van der Waals surface area contributed by atoms with E-state index >= 15 is 0 Å². The van der Waals surface area contributed by atoms with Crippen LogP contribution in [0.15, 0.2) is 24.3 Å². The van der Waals surface area contributed by atoms with Crippen molar-refractivity contribution in [2.75, 3.05) is 13.7 Å². The predicted octanol–water partition coefficient (Wildman–Crippen LogP) is 3.25. The quantitative estimate of drug-likeness (QED) is 0.223. The SMILES string of the molecule is CCCCCC(O)/C=C/C=C\CCCCCC[C@@H]1C(=O)O[C@](CO)(OC)[C@H]1O. The maximum absolute atomic E-state index is 11.9. The lowest BCUT2D eigenvalue weighted by Crippen LogP contribution is -2.46. The third kappa shape index (κ3) is 8.03. The second kappa shape index (κ2) is 13.9. The molecule has 6 nitrogen and oxygen atoms in total. The van der Waals surface area contributed by atoms with Crippen molar-refractivity contribution >= 4 is 5.97 Å². The largest absolute Gasteiger partial charge is 0.427 e. The van der Waals surface area contributed by atoms with Crippen molar-refractivity contribution in [3.8, 4) is 0 Å². The maximum Gasteiger partial charge on any atom is 0.314 e. The highest BCUT2D eigenvalue weighted by Crippen LogP contribution is 2.35. The van der Waals surface area contributed by atoms with Gasteiger partial charge in [-0.25, -0.2) is 0 Å². The summed E-state index contributed by atoms with van der Waals surface area (Å²) in [5.41, 5.74) is 0. The number of carbonyl (C=O) groups is 1. The third-order valence-electron chi connectivity index (χ3n) is 5.29. The number of allylic oxidation sites excluding steroid dienone is 3. The van der Waals surface area contributed by atoms with Crippen LogP contribution in [0.4, 0.5) is 0 Å². The van der Waals surface area contributed by atoms with E-state index in [-0.39, 0.29) is 6.10 Å². The number of rotatable bonds is 15. The molecule has 0 aromatic heterocycles. The van der Waals surface area contributed by atoms with Crippen molar-refractivity contribution in [1.82, 2.24) is 0 Å². The number of hydrogen-bond donors (Lipinski definition) is 3. The first-order chi connectivity index (χ1) is 13.5. The molecule has 0 saturated carbocycles. The van der Waals surface area contributed by atoms with Crippen molar-refractivity contribution in [1.29, 1.82) is 0 Å². The Morgan fingerprint density at radius 3 is 2.57 bits per heavy atom. The van der Waals surface area contributed by atoms with Gasteiger partial charge in [0.05, 0.1) is 12.0 Å². The molecule has 0 bridgehead atoms. The van der Waals surface area contributed by atoms with Crippen molar-refractivity contribution < 1.29 is 29.6 Å². The Kier molecular flexibility index (Phi) is 12.3. The Bertz CT molecular complexity index is 483. The molecule has 1 saturated heterocycles. The summed E-state index contributed by atoms with van der Waals surface area (Å²) in [6, 6.07) is 0. The van der Waals surface area contributed by atoms with Crippen LogP contribution in [0.25, 0.3) is 0 Å². The van der Waals surface area contributed by atoms with Crippen LogP contribution in [-0.2, 0) is 14.3 Å². The van der Waals surface area contributed by atoms with Gasteiger partial charge in [0.2, 0.25) is 0 Å². The molecular formula is C22H38O6. The first kappa shape index (κ1) is 24.8. The van der Waals surface area contributed by atoms with Gasteiger partial charge in [0, 0.05) is 7.11 Å². The molecule has 0 radical (unpaired) electrons. The first-order valence-electron chi connectivity index (χ1n) is 10.6. The Hall–Kier alpha value is -1.21. The molecule has 1 rings (SSSR count). The fraction of sp³-hybridized carbons (Fsp3) is 0.773. The van der Waals surface area contributed by atoms with Gasteiger partial charge < -0.3 is 24.8 Å². The molecule has 1 aliphatic heterocycles. The molecule has 1 heterocycles. The molecule has 1 unspecified atom stereocenters. The molecule has 6 heteroatoms. The van der Waals surface area contributed by atoms with Gasteiger partial charge >= 0.3 is 5.97 Å². The van der Waals surface area contributed by atoms with E-state index in [9.17, 15) is 20.1 Å². The smallest absolute Gasteiger partial charge is 0.314 e. The fourth-order valence-corrected chi connectivity index (χ4v) is 3.42. The minimum atomic E-state index is -1.61. The molecule has 3 N–H and O–H groups in total. The number of aliphatic hydroxyl groups is 3. The van der Waals surface area contributed by atoms with Gasteiger partial charge in [-0.1, -0.05) is 69.8 Å². The van der Waals surface area contributed by atoms with Crippen LogP contribution in [0.1, 0.15) is 71.1 Å². The number of cyclic esters (lactones) is 1. The van der Waals surface area contributed by atoms with E-state index in [1.165, 1.54) is 7.11 Å². The summed E-state index contributed by atoms with van der Waals surface area (Å²) in [6.45, 7) is 1.60. The van der Waals surface area contributed by atoms with Crippen molar-refractivity contribution in [2.24, 2.45) is 5.92 Å². The second-order valence-corrected chi connectivity index (χ2v) is 7.51. The summed E-state index contributed by atoms with van der Waals surface area (Å²) in [4.78, 5) is 11.9. The predicted molar refractivity (Wildman–Crippen MR) is 109 cm³/mol. The number of unbranched alkanes of at least 4 members (excludes halogenated alkanes) is 6. The van der Waals surface area contributed by atoms with E-state index in [1.54, 1.807) is 0 Å². The maximum atomic E-state index is 11.9. The van der Waals surface area contributed by atoms with Crippen LogP contribution >= 0.6 is 0 Å². The van der Waals surface area contributed by atoms with Gasteiger partial charge in [-0.3, -0.25) is 4.79 Å². The van der Waals surface area contributed by atoms with Crippen LogP contribution < -0.4 is 0 Å². The van der Waals surface area contributed by atoms with E-state index in [2.05, 4.69) is 13.0 Å². The third-order valence-corrected chi connectivity index (χ3v) is 5.29. The van der Waals surface area contributed by atoms with Gasteiger partial charge in [0.25, 0.3) is 5.79 Å². The fourth-order valence-electron chi connectivity index (χ4n) is 3.42. The number of aliphatic hydroxyl groups excluding tert-OH is 3. The van der Waals surface area contributed by atoms with Crippen LogP contribution in [0, 0.1) is 5.92 Å². The van der Waals surface area contributed by atoms with E-state index < -0.39 is 30.4 Å². The normalized spacial score (nSPS) is 26.4. The van der Waals surface area contributed by atoms with Gasteiger partial charge in [-0.05, 0) is 25.7 Å². The van der Waals surface area contributed by atoms with Gasteiger partial charge in [0.1, 0.15) is 12.7 Å². The summed E-state index contributed by atoms with van der Waals surface area (Å²) in [5.74, 6) is -2.75. The second-order valence-electron chi connectivity index (χ2n) is 7.51. The minimum absolute atomic E-state index is 0.350. The summed E-state index contributed by atoms with van der Waals surface area (Å²) >= 11 is 0. The highest BCUT2D eigenvalue weighted by atomic mass is 16.7. The lowest BCUT2D eigenvalue weighted by atomic mass is 9.93. The monoisotopic (exact) mass is 398 g/mol. The van der Waals surface area contributed by atoms with Crippen LogP contribution in [0.3, 0.4) is 0 Å². The number of carbonyl (C=O) groups excluding carboxylic acids is 1.